The van der Waals surface area contributed by atoms with E-state index in [4.69, 9.17) is 10.5 Å². The van der Waals surface area contributed by atoms with Gasteiger partial charge in [-0.25, -0.2) is 4.98 Å². The molecule has 1 aliphatic heterocycles. The van der Waals surface area contributed by atoms with Gasteiger partial charge in [0.15, 0.2) is 0 Å². The monoisotopic (exact) mass is 307 g/mol. The zero-order valence-corrected chi connectivity index (χ0v) is 11.4. The third kappa shape index (κ3) is 1.98. The Morgan fingerprint density at radius 2 is 2.11 bits per heavy atom. The van der Waals surface area contributed by atoms with Gasteiger partial charge in [0.2, 0.25) is 0 Å². The minimum Gasteiger partial charge on any atom is -0.383 e. The van der Waals surface area contributed by atoms with Crippen molar-refractivity contribution in [2.45, 2.75) is 6.10 Å². The highest BCUT2D eigenvalue weighted by molar-refractivity contribution is 9.10. The van der Waals surface area contributed by atoms with Crippen LogP contribution in [0.25, 0.3) is 10.8 Å². The number of nitrogens with two attached hydrogens (primary N) is 1. The molecule has 2 heterocycles. The van der Waals surface area contributed by atoms with E-state index in [2.05, 4.69) is 32.3 Å². The normalized spacial score (nSPS) is 20.2. The number of hydrogen-bond donors (Lipinski definition) is 2. The van der Waals surface area contributed by atoms with Crippen molar-refractivity contribution in [3.63, 3.8) is 0 Å². The molecule has 0 saturated carbocycles. The van der Waals surface area contributed by atoms with E-state index < -0.39 is 0 Å². The van der Waals surface area contributed by atoms with Crippen LogP contribution in [0.2, 0.25) is 0 Å². The average Bonchev–Trinajstić information content (AvgIpc) is 2.44. The van der Waals surface area contributed by atoms with E-state index in [9.17, 15) is 0 Å². The van der Waals surface area contributed by atoms with Crippen molar-refractivity contribution in [1.82, 2.24) is 10.3 Å². The predicted octanol–water partition coefficient (Wildman–Crippen LogP) is 2.24. The zero-order chi connectivity index (χ0) is 12.5. The summed E-state index contributed by atoms with van der Waals surface area (Å²) >= 11 is 3.49. The smallest absolute Gasteiger partial charge is 0.138 e. The summed E-state index contributed by atoms with van der Waals surface area (Å²) in [5.41, 5.74) is 6.87. The zero-order valence-electron chi connectivity index (χ0n) is 9.82. The number of nitrogen functional groups attached to an aromatic ring is 1. The summed E-state index contributed by atoms with van der Waals surface area (Å²) in [6.45, 7) is 2.37. The number of aromatic nitrogens is 1. The van der Waals surface area contributed by atoms with Crippen molar-refractivity contribution in [2.75, 3.05) is 25.4 Å². The lowest BCUT2D eigenvalue weighted by atomic mass is 10.1. The molecule has 1 unspecified atom stereocenters. The van der Waals surface area contributed by atoms with Gasteiger partial charge in [-0.3, -0.25) is 0 Å². The number of benzene rings is 1. The number of nitrogens with one attached hydrogen (secondary N) is 1. The maximum atomic E-state index is 5.96. The standard InChI is InChI=1S/C13H14BrN3O/c14-11-8-3-1-2-4-9(8)12(17-13(11)15)10-7-16-5-6-18-10/h1-4,10,16H,5-7H2,(H2,15,17). The number of morpholine rings is 1. The first-order valence-electron chi connectivity index (χ1n) is 5.93. The fourth-order valence-corrected chi connectivity index (χ4v) is 2.70. The Kier molecular flexibility index (Phi) is 3.20. The van der Waals surface area contributed by atoms with Gasteiger partial charge in [0.05, 0.1) is 16.8 Å². The van der Waals surface area contributed by atoms with E-state index in [1.165, 1.54) is 0 Å². The van der Waals surface area contributed by atoms with E-state index in [0.29, 0.717) is 12.4 Å². The van der Waals surface area contributed by atoms with E-state index in [1.54, 1.807) is 0 Å². The first-order valence-corrected chi connectivity index (χ1v) is 6.72. The van der Waals surface area contributed by atoms with Gasteiger partial charge < -0.3 is 15.8 Å². The molecule has 3 rings (SSSR count). The van der Waals surface area contributed by atoms with Gasteiger partial charge in [-0.1, -0.05) is 24.3 Å². The molecular weight excluding hydrogens is 294 g/mol. The fourth-order valence-electron chi connectivity index (χ4n) is 2.26. The van der Waals surface area contributed by atoms with E-state index in [-0.39, 0.29) is 6.10 Å². The lowest BCUT2D eigenvalue weighted by molar-refractivity contribution is 0.0261. The Morgan fingerprint density at radius 1 is 1.33 bits per heavy atom. The fraction of sp³-hybridized carbons (Fsp3) is 0.308. The van der Waals surface area contributed by atoms with Gasteiger partial charge in [0.25, 0.3) is 0 Å². The van der Waals surface area contributed by atoms with Gasteiger partial charge >= 0.3 is 0 Å². The largest absolute Gasteiger partial charge is 0.383 e. The van der Waals surface area contributed by atoms with Gasteiger partial charge in [0.1, 0.15) is 11.9 Å². The second-order valence-electron chi connectivity index (χ2n) is 4.31. The Labute approximate surface area is 114 Å². The average molecular weight is 308 g/mol. The van der Waals surface area contributed by atoms with Gasteiger partial charge in [-0.05, 0) is 15.9 Å². The van der Waals surface area contributed by atoms with Crippen LogP contribution in [0.15, 0.2) is 28.7 Å². The van der Waals surface area contributed by atoms with Gasteiger partial charge in [-0.2, -0.15) is 0 Å². The SMILES string of the molecule is Nc1nc(C2CNCCO2)c2ccccc2c1Br. The number of fused-ring (bicyclic) bond motifs is 1. The molecule has 94 valence electrons. The molecule has 0 spiro atoms. The van der Waals surface area contributed by atoms with Gasteiger partial charge in [0, 0.05) is 23.9 Å². The number of nitrogens with zero attached hydrogens (tertiary/aromatic N) is 1. The summed E-state index contributed by atoms with van der Waals surface area (Å²) in [6.07, 6.45) is -0.0287. The molecule has 1 atom stereocenters. The quantitative estimate of drug-likeness (QED) is 0.848. The van der Waals surface area contributed by atoms with Crippen molar-refractivity contribution in [3.05, 3.63) is 34.4 Å². The topological polar surface area (TPSA) is 60.2 Å². The first-order chi connectivity index (χ1) is 8.77. The van der Waals surface area contributed by atoms with Crippen LogP contribution < -0.4 is 11.1 Å². The molecule has 1 saturated heterocycles. The molecule has 4 nitrogen and oxygen atoms in total. The van der Waals surface area contributed by atoms with Crippen LogP contribution in [0.4, 0.5) is 5.82 Å². The summed E-state index contributed by atoms with van der Waals surface area (Å²) in [4.78, 5) is 4.49. The lowest BCUT2D eigenvalue weighted by Crippen LogP contribution is -2.34. The minimum atomic E-state index is -0.0287. The highest BCUT2D eigenvalue weighted by Gasteiger charge is 2.21. The molecule has 18 heavy (non-hydrogen) atoms. The summed E-state index contributed by atoms with van der Waals surface area (Å²) in [6, 6.07) is 8.10. The molecule has 1 aromatic heterocycles. The van der Waals surface area contributed by atoms with Gasteiger partial charge in [-0.15, -0.1) is 0 Å². The van der Waals surface area contributed by atoms with Crippen LogP contribution >= 0.6 is 15.9 Å². The van der Waals surface area contributed by atoms with Crippen LogP contribution in [-0.2, 0) is 4.74 Å². The van der Waals surface area contributed by atoms with Crippen LogP contribution in [0.5, 0.6) is 0 Å². The molecule has 3 N–H and O–H groups in total. The van der Waals surface area contributed by atoms with E-state index >= 15 is 0 Å². The Hall–Kier alpha value is -1.17. The van der Waals surface area contributed by atoms with Crippen molar-refractivity contribution >= 4 is 32.5 Å². The minimum absolute atomic E-state index is 0.0287. The van der Waals surface area contributed by atoms with Crippen LogP contribution in [0.1, 0.15) is 11.8 Å². The molecule has 5 heteroatoms. The Morgan fingerprint density at radius 3 is 2.83 bits per heavy atom. The molecule has 0 bridgehead atoms. The predicted molar refractivity (Wildman–Crippen MR) is 75.4 cm³/mol. The second-order valence-corrected chi connectivity index (χ2v) is 5.10. The number of ether oxygens (including phenoxy) is 1. The molecule has 1 fully saturated rings. The third-order valence-electron chi connectivity index (χ3n) is 3.14. The lowest BCUT2D eigenvalue weighted by Gasteiger charge is -2.24. The number of anilines is 1. The van der Waals surface area contributed by atoms with Crippen molar-refractivity contribution in [1.29, 1.82) is 0 Å². The highest BCUT2D eigenvalue weighted by Crippen LogP contribution is 2.33. The van der Waals surface area contributed by atoms with Crippen molar-refractivity contribution in [3.8, 4) is 0 Å². The van der Waals surface area contributed by atoms with E-state index in [0.717, 1.165) is 34.0 Å². The first kappa shape index (κ1) is 11.9. The molecule has 1 aromatic carbocycles. The Bertz CT molecular complexity index is 582. The molecular formula is C13H14BrN3O. The molecule has 2 aromatic rings. The molecule has 0 aliphatic carbocycles. The van der Waals surface area contributed by atoms with Crippen LogP contribution in [0, 0.1) is 0 Å². The number of hydrogen-bond acceptors (Lipinski definition) is 4. The third-order valence-corrected chi connectivity index (χ3v) is 3.97. The summed E-state index contributed by atoms with van der Waals surface area (Å²) in [7, 11) is 0. The maximum absolute atomic E-state index is 5.96. The highest BCUT2D eigenvalue weighted by atomic mass is 79.9. The van der Waals surface area contributed by atoms with Crippen LogP contribution in [0.3, 0.4) is 0 Å². The molecule has 0 amide bonds. The summed E-state index contributed by atoms with van der Waals surface area (Å²) < 4.78 is 6.62. The molecule has 0 radical (unpaired) electrons. The van der Waals surface area contributed by atoms with E-state index in [1.807, 2.05) is 18.2 Å². The summed E-state index contributed by atoms with van der Waals surface area (Å²) in [5, 5.41) is 5.48. The maximum Gasteiger partial charge on any atom is 0.138 e. The number of rotatable bonds is 1. The van der Waals surface area contributed by atoms with Crippen LogP contribution in [-0.4, -0.2) is 24.7 Å². The second kappa shape index (κ2) is 4.84. The number of pyridine rings is 1. The summed E-state index contributed by atoms with van der Waals surface area (Å²) in [5.74, 6) is 0.512. The Balaban J connectivity index is 2.18. The van der Waals surface area contributed by atoms with Crippen molar-refractivity contribution in [2.24, 2.45) is 0 Å². The molecule has 1 aliphatic rings. The van der Waals surface area contributed by atoms with Crippen molar-refractivity contribution < 1.29 is 4.74 Å². The number of halogens is 1.